The standard InChI is InChI=1S/C18H15F3O6/c1-2-11-12(7-15(24)25)16(14(23)8-13(11)22)17(26)9-3-5-10(6-4-9)27-18(19,20)21/h3-6,8,22-23H,2,7H2,1H3,(H,24,25). The largest absolute Gasteiger partial charge is 0.573 e. The van der Waals surface area contributed by atoms with Gasteiger partial charge in [0.05, 0.1) is 12.0 Å². The number of carbonyl (C=O) groups excluding carboxylic acids is 1. The van der Waals surface area contributed by atoms with E-state index in [0.29, 0.717) is 0 Å². The van der Waals surface area contributed by atoms with Crippen molar-refractivity contribution in [2.45, 2.75) is 26.1 Å². The maximum Gasteiger partial charge on any atom is 0.573 e. The molecule has 0 saturated heterocycles. The number of benzene rings is 2. The molecule has 0 radical (unpaired) electrons. The normalized spacial score (nSPS) is 11.3. The third kappa shape index (κ3) is 4.69. The van der Waals surface area contributed by atoms with Gasteiger partial charge in [-0.15, -0.1) is 13.2 Å². The summed E-state index contributed by atoms with van der Waals surface area (Å²) in [6, 6.07) is 4.90. The van der Waals surface area contributed by atoms with Crippen LogP contribution in [0.4, 0.5) is 13.2 Å². The summed E-state index contributed by atoms with van der Waals surface area (Å²) in [5.74, 6) is -3.58. The number of aromatic hydroxyl groups is 2. The third-order valence-corrected chi connectivity index (χ3v) is 3.76. The summed E-state index contributed by atoms with van der Waals surface area (Å²) in [5.41, 5.74) is -0.269. The Morgan fingerprint density at radius 1 is 1.04 bits per heavy atom. The molecule has 2 aromatic rings. The van der Waals surface area contributed by atoms with Gasteiger partial charge < -0.3 is 20.1 Å². The number of aliphatic carboxylic acids is 1. The molecule has 0 bridgehead atoms. The van der Waals surface area contributed by atoms with Gasteiger partial charge in [0.1, 0.15) is 17.2 Å². The molecular formula is C18H15F3O6. The summed E-state index contributed by atoms with van der Waals surface area (Å²) in [6.45, 7) is 1.63. The van der Waals surface area contributed by atoms with Gasteiger partial charge in [-0.05, 0) is 41.8 Å². The number of hydrogen-bond donors (Lipinski definition) is 3. The molecule has 0 atom stereocenters. The molecule has 2 rings (SSSR count). The zero-order chi connectivity index (χ0) is 20.4. The van der Waals surface area contributed by atoms with Crippen molar-refractivity contribution in [1.29, 1.82) is 0 Å². The molecule has 0 aliphatic heterocycles. The van der Waals surface area contributed by atoms with E-state index in [1.54, 1.807) is 6.92 Å². The highest BCUT2D eigenvalue weighted by atomic mass is 19.4. The van der Waals surface area contributed by atoms with Crippen molar-refractivity contribution in [3.8, 4) is 17.2 Å². The lowest BCUT2D eigenvalue weighted by Gasteiger charge is -2.16. The van der Waals surface area contributed by atoms with Crippen LogP contribution in [-0.2, 0) is 17.6 Å². The Bertz CT molecular complexity index is 872. The van der Waals surface area contributed by atoms with Crippen LogP contribution in [0.2, 0.25) is 0 Å². The average Bonchev–Trinajstić information content (AvgIpc) is 2.53. The van der Waals surface area contributed by atoms with Gasteiger partial charge in [-0.2, -0.15) is 0 Å². The summed E-state index contributed by atoms with van der Waals surface area (Å²) in [4.78, 5) is 23.9. The first kappa shape index (κ1) is 20.1. The number of phenols is 2. The number of carboxylic acid groups (broad SMARTS) is 1. The third-order valence-electron chi connectivity index (χ3n) is 3.76. The van der Waals surface area contributed by atoms with E-state index in [1.165, 1.54) is 0 Å². The maximum atomic E-state index is 12.7. The lowest BCUT2D eigenvalue weighted by atomic mass is 9.90. The van der Waals surface area contributed by atoms with Crippen LogP contribution in [0.5, 0.6) is 17.2 Å². The number of alkyl halides is 3. The van der Waals surface area contributed by atoms with E-state index in [-0.39, 0.29) is 34.4 Å². The van der Waals surface area contributed by atoms with Crippen molar-refractivity contribution in [3.05, 3.63) is 52.6 Å². The van der Waals surface area contributed by atoms with Crippen LogP contribution in [0.25, 0.3) is 0 Å². The number of carboxylic acids is 1. The molecule has 0 aromatic heterocycles. The number of hydrogen-bond acceptors (Lipinski definition) is 5. The Morgan fingerprint density at radius 2 is 1.63 bits per heavy atom. The second-order valence-corrected chi connectivity index (χ2v) is 5.57. The smallest absolute Gasteiger partial charge is 0.508 e. The Labute approximate surface area is 151 Å². The molecule has 0 unspecified atom stereocenters. The molecule has 144 valence electrons. The number of rotatable bonds is 6. The molecule has 9 heteroatoms. The number of phenolic OH excluding ortho intramolecular Hbond substituents is 2. The minimum absolute atomic E-state index is 0.0527. The molecule has 27 heavy (non-hydrogen) atoms. The van der Waals surface area contributed by atoms with Crippen molar-refractivity contribution in [2.75, 3.05) is 0 Å². The number of ether oxygens (including phenoxy) is 1. The first-order valence-corrected chi connectivity index (χ1v) is 7.72. The van der Waals surface area contributed by atoms with Gasteiger partial charge in [-0.25, -0.2) is 0 Å². The maximum absolute atomic E-state index is 12.7. The molecule has 2 aromatic carbocycles. The van der Waals surface area contributed by atoms with E-state index in [2.05, 4.69) is 4.74 Å². The van der Waals surface area contributed by atoms with E-state index in [9.17, 15) is 33.0 Å². The van der Waals surface area contributed by atoms with Crippen LogP contribution in [0.15, 0.2) is 30.3 Å². The topological polar surface area (TPSA) is 104 Å². The molecule has 0 saturated carbocycles. The number of ketones is 1. The summed E-state index contributed by atoms with van der Waals surface area (Å²) >= 11 is 0. The highest BCUT2D eigenvalue weighted by molar-refractivity contribution is 6.12. The van der Waals surface area contributed by atoms with Gasteiger partial charge >= 0.3 is 12.3 Å². The van der Waals surface area contributed by atoms with Crippen LogP contribution in [0, 0.1) is 0 Å². The van der Waals surface area contributed by atoms with E-state index in [1.807, 2.05) is 0 Å². The Morgan fingerprint density at radius 3 is 2.11 bits per heavy atom. The molecule has 6 nitrogen and oxygen atoms in total. The Balaban J connectivity index is 2.50. The molecule has 3 N–H and O–H groups in total. The Hall–Kier alpha value is -3.23. The number of halogens is 3. The van der Waals surface area contributed by atoms with Crippen molar-refractivity contribution in [3.63, 3.8) is 0 Å². The zero-order valence-corrected chi connectivity index (χ0v) is 14.0. The van der Waals surface area contributed by atoms with E-state index in [4.69, 9.17) is 5.11 Å². The van der Waals surface area contributed by atoms with Crippen molar-refractivity contribution in [1.82, 2.24) is 0 Å². The zero-order valence-electron chi connectivity index (χ0n) is 14.0. The second-order valence-electron chi connectivity index (χ2n) is 5.57. The van der Waals surface area contributed by atoms with Gasteiger partial charge in [0, 0.05) is 11.6 Å². The van der Waals surface area contributed by atoms with E-state index >= 15 is 0 Å². The fourth-order valence-electron chi connectivity index (χ4n) is 2.70. The molecular weight excluding hydrogens is 369 g/mol. The van der Waals surface area contributed by atoms with Crippen LogP contribution in [-0.4, -0.2) is 33.4 Å². The first-order chi connectivity index (χ1) is 12.5. The van der Waals surface area contributed by atoms with Gasteiger partial charge in [0.15, 0.2) is 5.78 Å². The van der Waals surface area contributed by atoms with Crippen molar-refractivity contribution < 1.29 is 42.8 Å². The quantitative estimate of drug-likeness (QED) is 0.660. The summed E-state index contributed by atoms with van der Waals surface area (Å²) in [5, 5.41) is 29.1. The van der Waals surface area contributed by atoms with Gasteiger partial charge in [-0.3, -0.25) is 9.59 Å². The summed E-state index contributed by atoms with van der Waals surface area (Å²) in [7, 11) is 0. The van der Waals surface area contributed by atoms with Gasteiger partial charge in [0.25, 0.3) is 0 Å². The molecule has 0 heterocycles. The fraction of sp³-hybridized carbons (Fsp3) is 0.222. The van der Waals surface area contributed by atoms with Crippen LogP contribution in [0.1, 0.15) is 34.0 Å². The van der Waals surface area contributed by atoms with Crippen molar-refractivity contribution >= 4 is 11.8 Å². The average molecular weight is 384 g/mol. The predicted molar refractivity (Wildman–Crippen MR) is 87.0 cm³/mol. The Kier molecular flexibility index (Phi) is 5.63. The van der Waals surface area contributed by atoms with Gasteiger partial charge in [0.2, 0.25) is 0 Å². The summed E-state index contributed by atoms with van der Waals surface area (Å²) < 4.78 is 40.4. The number of carbonyl (C=O) groups is 2. The molecule has 0 aliphatic carbocycles. The SMILES string of the molecule is CCc1c(O)cc(O)c(C(=O)c2ccc(OC(F)(F)F)cc2)c1CC(=O)O. The fourth-order valence-corrected chi connectivity index (χ4v) is 2.70. The second kappa shape index (κ2) is 7.56. The van der Waals surface area contributed by atoms with Crippen LogP contribution >= 0.6 is 0 Å². The minimum atomic E-state index is -4.88. The van der Waals surface area contributed by atoms with Crippen molar-refractivity contribution in [2.24, 2.45) is 0 Å². The molecule has 0 fully saturated rings. The predicted octanol–water partition coefficient (Wildman–Crippen LogP) is 3.42. The van der Waals surface area contributed by atoms with Crippen LogP contribution < -0.4 is 4.74 Å². The monoisotopic (exact) mass is 384 g/mol. The van der Waals surface area contributed by atoms with Crippen LogP contribution in [0.3, 0.4) is 0 Å². The molecule has 0 amide bonds. The lowest BCUT2D eigenvalue weighted by molar-refractivity contribution is -0.274. The first-order valence-electron chi connectivity index (χ1n) is 7.72. The van der Waals surface area contributed by atoms with E-state index < -0.39 is 36.0 Å². The summed E-state index contributed by atoms with van der Waals surface area (Å²) in [6.07, 6.45) is -5.31. The highest BCUT2D eigenvalue weighted by Crippen LogP contribution is 2.35. The highest BCUT2D eigenvalue weighted by Gasteiger charge is 2.31. The molecule has 0 aliphatic rings. The minimum Gasteiger partial charge on any atom is -0.508 e. The lowest BCUT2D eigenvalue weighted by Crippen LogP contribution is -2.17. The van der Waals surface area contributed by atoms with Gasteiger partial charge in [-0.1, -0.05) is 6.92 Å². The van der Waals surface area contributed by atoms with E-state index in [0.717, 1.165) is 30.3 Å². The molecule has 0 spiro atoms.